The first-order valence-corrected chi connectivity index (χ1v) is 7.56. The molecule has 0 aliphatic rings. The highest BCUT2D eigenvalue weighted by molar-refractivity contribution is 9.10. The minimum atomic E-state index is -0.214. The van der Waals surface area contributed by atoms with E-state index in [2.05, 4.69) is 15.9 Å². The van der Waals surface area contributed by atoms with Crippen molar-refractivity contribution in [1.82, 2.24) is 9.80 Å². The van der Waals surface area contributed by atoms with Crippen molar-refractivity contribution in [2.24, 2.45) is 0 Å². The molecule has 6 heteroatoms. The number of rotatable bonds is 5. The van der Waals surface area contributed by atoms with E-state index in [0.717, 1.165) is 0 Å². The largest absolute Gasteiger partial charge is 0.342 e. The van der Waals surface area contributed by atoms with Crippen molar-refractivity contribution >= 4 is 39.3 Å². The second-order valence-electron chi connectivity index (χ2n) is 4.35. The normalized spacial score (nSPS) is 10.2. The van der Waals surface area contributed by atoms with Gasteiger partial charge < -0.3 is 9.80 Å². The van der Waals surface area contributed by atoms with Gasteiger partial charge in [-0.15, -0.1) is 0 Å². The highest BCUT2D eigenvalue weighted by Gasteiger charge is 2.19. The van der Waals surface area contributed by atoms with Gasteiger partial charge in [-0.05, 0) is 48.0 Å². The number of likely N-dealkylation sites (N-methyl/N-ethyl adjacent to an activating group) is 2. The van der Waals surface area contributed by atoms with Crippen LogP contribution in [0.3, 0.4) is 0 Å². The third-order valence-electron chi connectivity index (χ3n) is 3.00. The highest BCUT2D eigenvalue weighted by atomic mass is 79.9. The fourth-order valence-electron chi connectivity index (χ4n) is 1.82. The predicted molar refractivity (Wildman–Crippen MR) is 84.0 cm³/mol. The zero-order valence-electron chi connectivity index (χ0n) is 11.8. The Morgan fingerprint density at radius 2 is 1.85 bits per heavy atom. The molecule has 0 radical (unpaired) electrons. The average Bonchev–Trinajstić information content (AvgIpc) is 2.39. The molecular formula is C14H18BrClN2O2. The first-order chi connectivity index (χ1) is 9.40. The molecule has 0 N–H and O–H groups in total. The molecule has 20 heavy (non-hydrogen) atoms. The van der Waals surface area contributed by atoms with Crippen molar-refractivity contribution in [3.63, 3.8) is 0 Å². The van der Waals surface area contributed by atoms with Crippen LogP contribution in [-0.4, -0.2) is 48.3 Å². The Balaban J connectivity index is 2.79. The summed E-state index contributed by atoms with van der Waals surface area (Å²) in [5.41, 5.74) is 0.490. The fourth-order valence-corrected chi connectivity index (χ4v) is 2.67. The van der Waals surface area contributed by atoms with Gasteiger partial charge >= 0.3 is 0 Å². The lowest BCUT2D eigenvalue weighted by atomic mass is 10.2. The van der Waals surface area contributed by atoms with Crippen LogP contribution in [0.2, 0.25) is 5.02 Å². The zero-order valence-corrected chi connectivity index (χ0v) is 14.2. The van der Waals surface area contributed by atoms with Gasteiger partial charge in [0.15, 0.2) is 0 Å². The van der Waals surface area contributed by atoms with Crippen molar-refractivity contribution in [3.05, 3.63) is 33.3 Å². The van der Waals surface area contributed by atoms with Gasteiger partial charge in [0.05, 0.1) is 12.1 Å². The lowest BCUT2D eigenvalue weighted by Gasteiger charge is -2.23. The Hall–Kier alpha value is -1.07. The number of nitrogens with zero attached hydrogens (tertiary/aromatic N) is 2. The third-order valence-corrected chi connectivity index (χ3v) is 3.89. The molecule has 0 atom stereocenters. The third kappa shape index (κ3) is 4.21. The topological polar surface area (TPSA) is 40.6 Å². The second kappa shape index (κ2) is 7.64. The molecule has 0 heterocycles. The van der Waals surface area contributed by atoms with Gasteiger partial charge in [0.2, 0.25) is 5.91 Å². The van der Waals surface area contributed by atoms with Gasteiger partial charge in [-0.1, -0.05) is 11.6 Å². The van der Waals surface area contributed by atoms with Crippen LogP contribution in [0, 0.1) is 0 Å². The number of benzene rings is 1. The summed E-state index contributed by atoms with van der Waals surface area (Å²) in [6.07, 6.45) is 0. The minimum Gasteiger partial charge on any atom is -0.342 e. The van der Waals surface area contributed by atoms with Crippen LogP contribution in [0.1, 0.15) is 24.2 Å². The Labute approximate surface area is 132 Å². The summed E-state index contributed by atoms with van der Waals surface area (Å²) in [7, 11) is 1.62. The summed E-state index contributed by atoms with van der Waals surface area (Å²) in [5, 5.41) is 0.551. The summed E-state index contributed by atoms with van der Waals surface area (Å²) in [4.78, 5) is 27.4. The monoisotopic (exact) mass is 360 g/mol. The molecule has 0 saturated carbocycles. The van der Waals surface area contributed by atoms with E-state index >= 15 is 0 Å². The fraction of sp³-hybridized carbons (Fsp3) is 0.429. The number of hydrogen-bond acceptors (Lipinski definition) is 2. The highest BCUT2D eigenvalue weighted by Crippen LogP contribution is 2.22. The molecule has 0 fully saturated rings. The van der Waals surface area contributed by atoms with Gasteiger partial charge in [-0.3, -0.25) is 9.59 Å². The van der Waals surface area contributed by atoms with Gasteiger partial charge in [0, 0.05) is 29.6 Å². The summed E-state index contributed by atoms with van der Waals surface area (Å²) in [6.45, 7) is 5.18. The summed E-state index contributed by atoms with van der Waals surface area (Å²) in [6, 6.07) is 4.96. The molecule has 0 saturated heterocycles. The average molecular weight is 362 g/mol. The molecule has 1 aromatic carbocycles. The van der Waals surface area contributed by atoms with E-state index in [-0.39, 0.29) is 18.4 Å². The molecule has 1 aromatic rings. The van der Waals surface area contributed by atoms with Gasteiger partial charge in [-0.2, -0.15) is 0 Å². The van der Waals surface area contributed by atoms with E-state index in [0.29, 0.717) is 28.1 Å². The molecule has 0 bridgehead atoms. The van der Waals surface area contributed by atoms with Crippen LogP contribution in [0.15, 0.2) is 22.7 Å². The molecule has 2 amide bonds. The standard InChI is InChI=1S/C14H18BrClN2O2/c1-4-18(5-2)13(19)9-17(3)14(20)11-7-6-10(16)8-12(11)15/h6-8H,4-5,9H2,1-3H3. The minimum absolute atomic E-state index is 0.0593. The van der Waals surface area contributed by atoms with Crippen molar-refractivity contribution < 1.29 is 9.59 Å². The first-order valence-electron chi connectivity index (χ1n) is 6.39. The number of amides is 2. The van der Waals surface area contributed by atoms with E-state index in [1.54, 1.807) is 30.1 Å². The smallest absolute Gasteiger partial charge is 0.255 e. The van der Waals surface area contributed by atoms with Crippen molar-refractivity contribution in [1.29, 1.82) is 0 Å². The number of carbonyl (C=O) groups excluding carboxylic acids is 2. The predicted octanol–water partition coefficient (Wildman–Crippen LogP) is 3.04. The summed E-state index contributed by atoms with van der Waals surface area (Å²) >= 11 is 9.16. The quantitative estimate of drug-likeness (QED) is 0.809. The van der Waals surface area contributed by atoms with Crippen LogP contribution in [0.25, 0.3) is 0 Å². The van der Waals surface area contributed by atoms with Gasteiger partial charge in [-0.25, -0.2) is 0 Å². The second-order valence-corrected chi connectivity index (χ2v) is 5.64. The Bertz CT molecular complexity index is 504. The maximum Gasteiger partial charge on any atom is 0.255 e. The molecule has 0 unspecified atom stereocenters. The molecule has 110 valence electrons. The van der Waals surface area contributed by atoms with E-state index in [1.807, 2.05) is 13.8 Å². The molecule has 0 aliphatic heterocycles. The summed E-state index contributed by atoms with van der Waals surface area (Å²) < 4.78 is 0.622. The van der Waals surface area contributed by atoms with Crippen molar-refractivity contribution in [2.75, 3.05) is 26.7 Å². The van der Waals surface area contributed by atoms with Crippen LogP contribution in [-0.2, 0) is 4.79 Å². The lowest BCUT2D eigenvalue weighted by molar-refractivity contribution is -0.131. The maximum absolute atomic E-state index is 12.3. The molecule has 0 aromatic heterocycles. The maximum atomic E-state index is 12.3. The van der Waals surface area contributed by atoms with Crippen molar-refractivity contribution in [2.45, 2.75) is 13.8 Å². The van der Waals surface area contributed by atoms with E-state index in [9.17, 15) is 9.59 Å². The first kappa shape index (κ1) is 17.0. The van der Waals surface area contributed by atoms with Crippen LogP contribution in [0.4, 0.5) is 0 Å². The Morgan fingerprint density at radius 1 is 1.25 bits per heavy atom. The molecule has 4 nitrogen and oxygen atoms in total. The van der Waals surface area contributed by atoms with Gasteiger partial charge in [0.1, 0.15) is 0 Å². The SMILES string of the molecule is CCN(CC)C(=O)CN(C)C(=O)c1ccc(Cl)cc1Br. The Kier molecular flexibility index (Phi) is 6.49. The number of carbonyl (C=O) groups is 2. The van der Waals surface area contributed by atoms with E-state index < -0.39 is 0 Å². The number of hydrogen-bond donors (Lipinski definition) is 0. The van der Waals surface area contributed by atoms with Gasteiger partial charge in [0.25, 0.3) is 5.91 Å². The van der Waals surface area contributed by atoms with E-state index in [1.165, 1.54) is 4.90 Å². The van der Waals surface area contributed by atoms with Crippen molar-refractivity contribution in [3.8, 4) is 0 Å². The Morgan fingerprint density at radius 3 is 2.35 bits per heavy atom. The lowest BCUT2D eigenvalue weighted by Crippen LogP contribution is -2.41. The molecule has 0 aliphatic carbocycles. The molecular weight excluding hydrogens is 344 g/mol. The molecule has 0 spiro atoms. The van der Waals surface area contributed by atoms with Crippen LogP contribution >= 0.6 is 27.5 Å². The van der Waals surface area contributed by atoms with Crippen LogP contribution < -0.4 is 0 Å². The zero-order chi connectivity index (χ0) is 15.3. The molecule has 1 rings (SSSR count). The summed E-state index contributed by atoms with van der Waals surface area (Å²) in [5.74, 6) is -0.273. The van der Waals surface area contributed by atoms with E-state index in [4.69, 9.17) is 11.6 Å². The van der Waals surface area contributed by atoms with Crippen LogP contribution in [0.5, 0.6) is 0 Å². The number of halogens is 2.